The first-order chi connectivity index (χ1) is 10.4. The van der Waals surface area contributed by atoms with Gasteiger partial charge < -0.3 is 10.1 Å². The van der Waals surface area contributed by atoms with Crippen LogP contribution in [0.3, 0.4) is 0 Å². The standard InChI is InChI=1S/C17H28N2OS/c1-2-9-18-16(8-7-15-6-4-11-21-15)17-12-19-10-3-5-14(19)13-20-17/h4,6,11,14,16-18H,2-3,5,7-10,12-13H2,1H3. The minimum atomic E-state index is 0.367. The van der Waals surface area contributed by atoms with Crippen molar-refractivity contribution < 1.29 is 4.74 Å². The molecule has 3 unspecified atom stereocenters. The molecule has 3 heterocycles. The summed E-state index contributed by atoms with van der Waals surface area (Å²) >= 11 is 1.87. The molecule has 2 fully saturated rings. The van der Waals surface area contributed by atoms with Gasteiger partial charge in [0, 0.05) is 23.5 Å². The van der Waals surface area contributed by atoms with E-state index in [-0.39, 0.29) is 0 Å². The first-order valence-corrected chi connectivity index (χ1v) is 9.36. The Hall–Kier alpha value is -0.420. The van der Waals surface area contributed by atoms with Gasteiger partial charge in [-0.2, -0.15) is 0 Å². The molecule has 4 heteroatoms. The molecule has 0 aliphatic carbocycles. The summed E-state index contributed by atoms with van der Waals surface area (Å²) in [7, 11) is 0. The monoisotopic (exact) mass is 308 g/mol. The van der Waals surface area contributed by atoms with Crippen LogP contribution in [0.5, 0.6) is 0 Å². The predicted octanol–water partition coefficient (Wildman–Crippen LogP) is 2.91. The lowest BCUT2D eigenvalue weighted by atomic mass is 10.0. The van der Waals surface area contributed by atoms with Crippen molar-refractivity contribution in [2.24, 2.45) is 0 Å². The van der Waals surface area contributed by atoms with E-state index >= 15 is 0 Å². The van der Waals surface area contributed by atoms with E-state index in [0.29, 0.717) is 18.2 Å². The Labute approximate surface area is 132 Å². The fourth-order valence-electron chi connectivity index (χ4n) is 3.59. The van der Waals surface area contributed by atoms with Crippen molar-refractivity contribution in [2.75, 3.05) is 26.2 Å². The van der Waals surface area contributed by atoms with Gasteiger partial charge in [-0.25, -0.2) is 0 Å². The van der Waals surface area contributed by atoms with E-state index in [1.165, 1.54) is 43.5 Å². The molecule has 0 saturated carbocycles. The largest absolute Gasteiger partial charge is 0.374 e. The number of nitrogens with zero attached hydrogens (tertiary/aromatic N) is 1. The van der Waals surface area contributed by atoms with Crippen LogP contribution in [0.25, 0.3) is 0 Å². The fraction of sp³-hybridized carbons (Fsp3) is 0.765. The zero-order chi connectivity index (χ0) is 14.5. The van der Waals surface area contributed by atoms with Gasteiger partial charge in [0.2, 0.25) is 0 Å². The number of thiophene rings is 1. The van der Waals surface area contributed by atoms with Gasteiger partial charge in [0.25, 0.3) is 0 Å². The SMILES string of the molecule is CCCNC(CCc1cccs1)C1CN2CCCC2CO1. The van der Waals surface area contributed by atoms with E-state index in [0.717, 1.165) is 19.7 Å². The summed E-state index contributed by atoms with van der Waals surface area (Å²) in [6, 6.07) is 5.60. The van der Waals surface area contributed by atoms with E-state index in [9.17, 15) is 0 Å². The number of ether oxygens (including phenoxy) is 1. The van der Waals surface area contributed by atoms with Crippen LogP contribution in [0.2, 0.25) is 0 Å². The molecule has 3 atom stereocenters. The predicted molar refractivity (Wildman–Crippen MR) is 89.1 cm³/mol. The number of aryl methyl sites for hydroxylation is 1. The molecule has 2 aliphatic heterocycles. The van der Waals surface area contributed by atoms with Gasteiger partial charge in [-0.3, -0.25) is 4.90 Å². The lowest BCUT2D eigenvalue weighted by molar-refractivity contribution is -0.0654. The Bertz CT molecular complexity index is 409. The van der Waals surface area contributed by atoms with E-state index in [4.69, 9.17) is 4.74 Å². The van der Waals surface area contributed by atoms with Crippen molar-refractivity contribution in [2.45, 2.75) is 57.2 Å². The van der Waals surface area contributed by atoms with Crippen molar-refractivity contribution in [3.05, 3.63) is 22.4 Å². The lowest BCUT2D eigenvalue weighted by Crippen LogP contribution is -2.54. The van der Waals surface area contributed by atoms with Crippen LogP contribution in [0.4, 0.5) is 0 Å². The Kier molecular flexibility index (Phi) is 5.69. The summed E-state index contributed by atoms with van der Waals surface area (Å²) in [5.41, 5.74) is 0. The van der Waals surface area contributed by atoms with Crippen LogP contribution in [-0.4, -0.2) is 49.3 Å². The lowest BCUT2D eigenvalue weighted by Gasteiger charge is -2.39. The molecular formula is C17H28N2OS. The molecule has 2 aliphatic rings. The minimum Gasteiger partial charge on any atom is -0.374 e. The molecule has 3 nitrogen and oxygen atoms in total. The highest BCUT2D eigenvalue weighted by Gasteiger charge is 2.35. The zero-order valence-electron chi connectivity index (χ0n) is 13.1. The van der Waals surface area contributed by atoms with Gasteiger partial charge in [-0.15, -0.1) is 11.3 Å². The van der Waals surface area contributed by atoms with Crippen molar-refractivity contribution >= 4 is 11.3 Å². The van der Waals surface area contributed by atoms with Gasteiger partial charge in [0.15, 0.2) is 0 Å². The maximum atomic E-state index is 6.22. The topological polar surface area (TPSA) is 24.5 Å². The molecule has 118 valence electrons. The van der Waals surface area contributed by atoms with E-state index in [1.54, 1.807) is 0 Å². The molecule has 0 amide bonds. The van der Waals surface area contributed by atoms with Gasteiger partial charge in [-0.1, -0.05) is 13.0 Å². The van der Waals surface area contributed by atoms with Crippen LogP contribution < -0.4 is 5.32 Å². The minimum absolute atomic E-state index is 0.367. The molecular weight excluding hydrogens is 280 g/mol. The second-order valence-corrected chi connectivity index (χ2v) is 7.37. The molecule has 1 aromatic heterocycles. The molecule has 3 rings (SSSR count). The third kappa shape index (κ3) is 4.07. The molecule has 21 heavy (non-hydrogen) atoms. The van der Waals surface area contributed by atoms with E-state index < -0.39 is 0 Å². The maximum Gasteiger partial charge on any atom is 0.0855 e. The van der Waals surface area contributed by atoms with Crippen LogP contribution >= 0.6 is 11.3 Å². The normalized spacial score (nSPS) is 27.7. The van der Waals surface area contributed by atoms with Crippen molar-refractivity contribution in [3.63, 3.8) is 0 Å². The molecule has 0 bridgehead atoms. The molecule has 0 spiro atoms. The number of morpholine rings is 1. The van der Waals surface area contributed by atoms with E-state index in [1.807, 2.05) is 11.3 Å². The van der Waals surface area contributed by atoms with Gasteiger partial charge in [-0.05, 0) is 56.6 Å². The summed E-state index contributed by atoms with van der Waals surface area (Å²) in [4.78, 5) is 4.15. The summed E-state index contributed by atoms with van der Waals surface area (Å²) in [6.45, 7) is 6.67. The van der Waals surface area contributed by atoms with Gasteiger partial charge >= 0.3 is 0 Å². The Morgan fingerprint density at radius 2 is 2.48 bits per heavy atom. The first-order valence-electron chi connectivity index (χ1n) is 8.48. The third-order valence-electron chi connectivity index (χ3n) is 4.80. The van der Waals surface area contributed by atoms with Gasteiger partial charge in [0.1, 0.15) is 0 Å². The highest BCUT2D eigenvalue weighted by molar-refractivity contribution is 7.09. The van der Waals surface area contributed by atoms with Crippen LogP contribution in [-0.2, 0) is 11.2 Å². The van der Waals surface area contributed by atoms with Crippen molar-refractivity contribution in [3.8, 4) is 0 Å². The van der Waals surface area contributed by atoms with Gasteiger partial charge in [0.05, 0.1) is 12.7 Å². The Balaban J connectivity index is 1.55. The number of hydrogen-bond acceptors (Lipinski definition) is 4. The second-order valence-electron chi connectivity index (χ2n) is 6.34. The van der Waals surface area contributed by atoms with Crippen LogP contribution in [0.15, 0.2) is 17.5 Å². The number of fused-ring (bicyclic) bond motifs is 1. The number of nitrogens with one attached hydrogen (secondary N) is 1. The summed E-state index contributed by atoms with van der Waals surface area (Å²) < 4.78 is 6.22. The van der Waals surface area contributed by atoms with E-state index in [2.05, 4.69) is 34.7 Å². The average molecular weight is 308 g/mol. The highest BCUT2D eigenvalue weighted by Crippen LogP contribution is 2.25. The molecule has 1 N–H and O–H groups in total. The van der Waals surface area contributed by atoms with Crippen molar-refractivity contribution in [1.29, 1.82) is 0 Å². The quantitative estimate of drug-likeness (QED) is 0.838. The van der Waals surface area contributed by atoms with Crippen LogP contribution in [0, 0.1) is 0 Å². The molecule has 2 saturated heterocycles. The first kappa shape index (κ1) is 15.5. The smallest absolute Gasteiger partial charge is 0.0855 e. The summed E-state index contributed by atoms with van der Waals surface area (Å²) in [5.74, 6) is 0. The number of rotatable bonds is 7. The highest BCUT2D eigenvalue weighted by atomic mass is 32.1. The maximum absolute atomic E-state index is 6.22. The number of hydrogen-bond donors (Lipinski definition) is 1. The van der Waals surface area contributed by atoms with Crippen molar-refractivity contribution in [1.82, 2.24) is 10.2 Å². The zero-order valence-corrected chi connectivity index (χ0v) is 13.9. The average Bonchev–Trinajstić information content (AvgIpc) is 3.17. The molecule has 0 aromatic carbocycles. The molecule has 0 radical (unpaired) electrons. The summed E-state index contributed by atoms with van der Waals surface area (Å²) in [5, 5.41) is 5.91. The fourth-order valence-corrected chi connectivity index (χ4v) is 4.31. The third-order valence-corrected chi connectivity index (χ3v) is 5.74. The van der Waals surface area contributed by atoms with Crippen LogP contribution in [0.1, 0.15) is 37.5 Å². The Morgan fingerprint density at radius 3 is 3.29 bits per heavy atom. The Morgan fingerprint density at radius 1 is 1.52 bits per heavy atom. The summed E-state index contributed by atoms with van der Waals surface area (Å²) in [6.07, 6.45) is 6.59. The molecule has 1 aromatic rings. The second kappa shape index (κ2) is 7.73.